The number of nitrogens with zero attached hydrogens (tertiary/aromatic N) is 1. The second-order valence-electron chi connectivity index (χ2n) is 5.68. The summed E-state index contributed by atoms with van der Waals surface area (Å²) in [5.74, 6) is 0.524. The van der Waals surface area contributed by atoms with Crippen molar-refractivity contribution in [2.45, 2.75) is 44.6 Å². The Morgan fingerprint density at radius 1 is 1.04 bits per heavy atom. The molecule has 24 heavy (non-hydrogen) atoms. The Morgan fingerprint density at radius 3 is 2.33 bits per heavy atom. The van der Waals surface area contributed by atoms with Crippen LogP contribution in [0.2, 0.25) is 0 Å². The summed E-state index contributed by atoms with van der Waals surface area (Å²) >= 11 is 0. The normalized spacial score (nSPS) is 16.0. The number of rotatable bonds is 9. The van der Waals surface area contributed by atoms with Crippen LogP contribution in [0, 0.1) is 0 Å². The van der Waals surface area contributed by atoms with Crippen molar-refractivity contribution >= 4 is 35.8 Å². The Balaban J connectivity index is 0.00000529. The molecule has 1 aliphatic carbocycles. The molecular weight excluding hydrogens is 423 g/mol. The summed E-state index contributed by atoms with van der Waals surface area (Å²) in [7, 11) is 3.29. The van der Waals surface area contributed by atoms with Crippen molar-refractivity contribution in [2.24, 2.45) is 4.99 Å². The molecule has 1 rings (SSSR count). The van der Waals surface area contributed by atoms with Crippen LogP contribution in [0.1, 0.15) is 38.5 Å². The molecule has 0 aromatic carbocycles. The van der Waals surface area contributed by atoms with E-state index < -0.39 is 0 Å². The first-order valence-corrected chi connectivity index (χ1v) is 8.58. The van der Waals surface area contributed by atoms with Gasteiger partial charge in [0.2, 0.25) is 5.91 Å². The van der Waals surface area contributed by atoms with Crippen molar-refractivity contribution in [2.75, 3.05) is 47.0 Å². The van der Waals surface area contributed by atoms with E-state index in [1.807, 2.05) is 0 Å². The molecule has 3 N–H and O–H groups in total. The summed E-state index contributed by atoms with van der Waals surface area (Å²) in [5, 5.41) is 8.88. The second kappa shape index (κ2) is 15.9. The number of carbonyl (C=O) groups is 1. The van der Waals surface area contributed by atoms with E-state index in [1.54, 1.807) is 14.2 Å². The second-order valence-corrected chi connectivity index (χ2v) is 5.68. The molecule has 1 saturated carbocycles. The minimum absolute atomic E-state index is 0. The van der Waals surface area contributed by atoms with Crippen LogP contribution in [0.15, 0.2) is 4.99 Å². The summed E-state index contributed by atoms with van der Waals surface area (Å²) in [4.78, 5) is 15.7. The zero-order valence-corrected chi connectivity index (χ0v) is 17.3. The van der Waals surface area contributed by atoms with Crippen molar-refractivity contribution in [1.29, 1.82) is 0 Å². The van der Waals surface area contributed by atoms with Crippen molar-refractivity contribution in [1.82, 2.24) is 16.0 Å². The van der Waals surface area contributed by atoms with Crippen LogP contribution in [0.4, 0.5) is 0 Å². The van der Waals surface area contributed by atoms with Crippen LogP contribution in [-0.4, -0.2) is 65.0 Å². The molecule has 1 amide bonds. The van der Waals surface area contributed by atoms with Gasteiger partial charge in [0, 0.05) is 27.2 Å². The maximum atomic E-state index is 11.6. The number of halogens is 1. The lowest BCUT2D eigenvalue weighted by molar-refractivity contribution is -0.120. The number of hydrogen-bond donors (Lipinski definition) is 3. The quantitative estimate of drug-likeness (QED) is 0.160. The number of carbonyl (C=O) groups excluding carboxylic acids is 1. The molecule has 0 aromatic heterocycles. The summed E-state index contributed by atoms with van der Waals surface area (Å²) in [6.07, 6.45) is 7.98. The first kappa shape index (κ1) is 23.4. The van der Waals surface area contributed by atoms with Gasteiger partial charge in [-0.1, -0.05) is 25.7 Å². The van der Waals surface area contributed by atoms with E-state index in [1.165, 1.54) is 38.5 Å². The van der Waals surface area contributed by atoms with Gasteiger partial charge in [-0.25, -0.2) is 0 Å². The summed E-state index contributed by atoms with van der Waals surface area (Å²) in [5.41, 5.74) is 0. The molecule has 0 radical (unpaired) electrons. The monoisotopic (exact) mass is 456 g/mol. The number of amides is 1. The Bertz CT molecular complexity index is 348. The number of methoxy groups -OCH3 is 1. The highest BCUT2D eigenvalue weighted by Gasteiger charge is 2.12. The lowest BCUT2D eigenvalue weighted by Gasteiger charge is -2.16. The van der Waals surface area contributed by atoms with E-state index in [4.69, 9.17) is 9.47 Å². The first-order valence-electron chi connectivity index (χ1n) is 8.58. The summed E-state index contributed by atoms with van der Waals surface area (Å²) < 4.78 is 10.8. The maximum Gasteiger partial charge on any atom is 0.239 e. The van der Waals surface area contributed by atoms with Crippen LogP contribution < -0.4 is 16.0 Å². The molecular formula is C16H33IN4O3. The highest BCUT2D eigenvalue weighted by atomic mass is 127. The standard InChI is InChI=1S/C16H32N4O3.HI/c1-17-16(20-13-15(21)18-9-11-22-2)19-10-12-23-14-7-5-3-4-6-8-14;/h14H,3-13H2,1-2H3,(H,18,21)(H2,17,19,20);1H. The van der Waals surface area contributed by atoms with E-state index in [-0.39, 0.29) is 36.4 Å². The van der Waals surface area contributed by atoms with Crippen LogP contribution in [0.25, 0.3) is 0 Å². The Hall–Kier alpha value is -0.610. The van der Waals surface area contributed by atoms with Crippen molar-refractivity contribution in [3.05, 3.63) is 0 Å². The number of hydrogen-bond acceptors (Lipinski definition) is 4. The molecule has 0 aromatic rings. The number of nitrogens with one attached hydrogen (secondary N) is 3. The van der Waals surface area contributed by atoms with E-state index in [0.717, 1.165) is 0 Å². The van der Waals surface area contributed by atoms with Gasteiger partial charge in [0.15, 0.2) is 5.96 Å². The molecule has 7 nitrogen and oxygen atoms in total. The summed E-state index contributed by atoms with van der Waals surface area (Å²) in [6, 6.07) is 0. The molecule has 142 valence electrons. The van der Waals surface area contributed by atoms with Gasteiger partial charge in [0.1, 0.15) is 0 Å². The maximum absolute atomic E-state index is 11.6. The molecule has 0 saturated heterocycles. The van der Waals surface area contributed by atoms with E-state index in [0.29, 0.717) is 38.4 Å². The average molecular weight is 456 g/mol. The fourth-order valence-corrected chi connectivity index (χ4v) is 2.54. The SMILES string of the molecule is CN=C(NCCOC1CCCCCC1)NCC(=O)NCCOC.I. The number of aliphatic imine (C=N–C) groups is 1. The van der Waals surface area contributed by atoms with E-state index >= 15 is 0 Å². The largest absolute Gasteiger partial charge is 0.383 e. The molecule has 0 heterocycles. The Labute approximate surface area is 162 Å². The van der Waals surface area contributed by atoms with Gasteiger partial charge in [0.05, 0.1) is 25.9 Å². The Morgan fingerprint density at radius 2 is 1.71 bits per heavy atom. The van der Waals surface area contributed by atoms with E-state index in [2.05, 4.69) is 20.9 Å². The van der Waals surface area contributed by atoms with Crippen LogP contribution in [-0.2, 0) is 14.3 Å². The fourth-order valence-electron chi connectivity index (χ4n) is 2.54. The van der Waals surface area contributed by atoms with Gasteiger partial charge < -0.3 is 25.4 Å². The van der Waals surface area contributed by atoms with Crippen LogP contribution in [0.5, 0.6) is 0 Å². The third-order valence-electron chi connectivity index (χ3n) is 3.82. The molecule has 0 spiro atoms. The molecule has 8 heteroatoms. The number of guanidine groups is 1. The highest BCUT2D eigenvalue weighted by molar-refractivity contribution is 14.0. The predicted octanol–water partition coefficient (Wildman–Crippen LogP) is 1.27. The zero-order valence-electron chi connectivity index (χ0n) is 14.9. The predicted molar refractivity (Wildman–Crippen MR) is 107 cm³/mol. The van der Waals surface area contributed by atoms with Crippen molar-refractivity contribution in [3.63, 3.8) is 0 Å². The van der Waals surface area contributed by atoms with E-state index in [9.17, 15) is 4.79 Å². The molecule has 0 aliphatic heterocycles. The molecule has 0 atom stereocenters. The van der Waals surface area contributed by atoms with Gasteiger partial charge in [-0.2, -0.15) is 0 Å². The smallest absolute Gasteiger partial charge is 0.239 e. The minimum atomic E-state index is -0.0836. The fraction of sp³-hybridized carbons (Fsp3) is 0.875. The zero-order chi connectivity index (χ0) is 16.8. The van der Waals surface area contributed by atoms with Crippen molar-refractivity contribution < 1.29 is 14.3 Å². The lowest BCUT2D eigenvalue weighted by Crippen LogP contribution is -2.44. The minimum Gasteiger partial charge on any atom is -0.383 e. The molecule has 0 unspecified atom stereocenters. The number of ether oxygens (including phenoxy) is 2. The van der Waals surface area contributed by atoms with Gasteiger partial charge in [-0.3, -0.25) is 9.79 Å². The van der Waals surface area contributed by atoms with Crippen molar-refractivity contribution in [3.8, 4) is 0 Å². The molecule has 1 aliphatic rings. The van der Waals surface area contributed by atoms with Gasteiger partial charge in [-0.05, 0) is 12.8 Å². The topological polar surface area (TPSA) is 84.0 Å². The van der Waals surface area contributed by atoms with Crippen LogP contribution >= 0.6 is 24.0 Å². The summed E-state index contributed by atoms with van der Waals surface area (Å²) in [6.45, 7) is 2.55. The molecule has 1 fully saturated rings. The first-order chi connectivity index (χ1) is 11.3. The molecule has 0 bridgehead atoms. The third kappa shape index (κ3) is 11.9. The third-order valence-corrected chi connectivity index (χ3v) is 3.82. The van der Waals surface area contributed by atoms with Gasteiger partial charge in [0.25, 0.3) is 0 Å². The van der Waals surface area contributed by atoms with Crippen LogP contribution in [0.3, 0.4) is 0 Å². The highest BCUT2D eigenvalue weighted by Crippen LogP contribution is 2.19. The van der Waals surface area contributed by atoms with Gasteiger partial charge in [-0.15, -0.1) is 24.0 Å². The average Bonchev–Trinajstić information content (AvgIpc) is 2.83. The van der Waals surface area contributed by atoms with Gasteiger partial charge >= 0.3 is 0 Å². The lowest BCUT2D eigenvalue weighted by atomic mass is 10.1. The Kier molecular flexibility index (Phi) is 15.5.